The molecule has 2 aliphatic heterocycles. The van der Waals surface area contributed by atoms with Crippen molar-refractivity contribution in [1.82, 2.24) is 9.88 Å². The van der Waals surface area contributed by atoms with E-state index in [1.165, 1.54) is 0 Å². The van der Waals surface area contributed by atoms with Gasteiger partial charge in [-0.2, -0.15) is 0 Å². The van der Waals surface area contributed by atoms with E-state index in [2.05, 4.69) is 31.0 Å². The zero-order valence-corrected chi connectivity index (χ0v) is 15.6. The molecule has 5 nitrogen and oxygen atoms in total. The molecule has 3 atom stereocenters. The summed E-state index contributed by atoms with van der Waals surface area (Å²) in [4.78, 5) is 34.5. The summed E-state index contributed by atoms with van der Waals surface area (Å²) in [6, 6.07) is 3.79. The highest BCUT2D eigenvalue weighted by Crippen LogP contribution is 2.47. The Labute approximate surface area is 155 Å². The number of carbonyl (C=O) groups excluding carboxylic acids is 2. The summed E-state index contributed by atoms with van der Waals surface area (Å²) in [7, 11) is 0. The molecular weight excluding hydrogens is 326 g/mol. The Morgan fingerprint density at radius 1 is 1.31 bits per heavy atom. The molecule has 1 aliphatic carbocycles. The molecule has 26 heavy (non-hydrogen) atoms. The lowest BCUT2D eigenvalue weighted by molar-refractivity contribution is -0.141. The van der Waals surface area contributed by atoms with Crippen molar-refractivity contribution < 1.29 is 9.59 Å². The third kappa shape index (κ3) is 2.56. The van der Waals surface area contributed by atoms with Gasteiger partial charge in [0.1, 0.15) is 0 Å². The van der Waals surface area contributed by atoms with Crippen LogP contribution in [0.25, 0.3) is 0 Å². The van der Waals surface area contributed by atoms with Gasteiger partial charge in [0.05, 0.1) is 22.7 Å². The molecule has 1 aromatic heterocycles. The van der Waals surface area contributed by atoms with Gasteiger partial charge in [-0.05, 0) is 43.7 Å². The minimum atomic E-state index is -0.438. The predicted octanol–water partition coefficient (Wildman–Crippen LogP) is 3.03. The van der Waals surface area contributed by atoms with E-state index in [0.717, 1.165) is 31.4 Å². The lowest BCUT2D eigenvalue weighted by Crippen LogP contribution is -2.44. The summed E-state index contributed by atoms with van der Waals surface area (Å²) in [5.41, 5.74) is 0.104. The van der Waals surface area contributed by atoms with Gasteiger partial charge >= 0.3 is 0 Å². The van der Waals surface area contributed by atoms with Crippen molar-refractivity contribution in [1.29, 1.82) is 0 Å². The maximum atomic E-state index is 13.3. The molecule has 2 fully saturated rings. The Balaban J connectivity index is 1.54. The quantitative estimate of drug-likeness (QED) is 0.768. The van der Waals surface area contributed by atoms with E-state index in [1.54, 1.807) is 12.4 Å². The number of amides is 2. The second-order valence-electron chi connectivity index (χ2n) is 8.44. The number of hydrogen-bond acceptors (Lipinski definition) is 3. The van der Waals surface area contributed by atoms with Gasteiger partial charge in [0.15, 0.2) is 0 Å². The molecule has 0 bridgehead atoms. The molecule has 2 amide bonds. The fourth-order valence-electron chi connectivity index (χ4n) is 4.91. The van der Waals surface area contributed by atoms with Gasteiger partial charge < -0.3 is 9.80 Å². The number of anilines is 1. The Morgan fingerprint density at radius 3 is 2.85 bits per heavy atom. The highest BCUT2D eigenvalue weighted by atomic mass is 16.2. The van der Waals surface area contributed by atoms with E-state index in [1.807, 2.05) is 21.9 Å². The highest BCUT2D eigenvalue weighted by molar-refractivity contribution is 6.01. The first-order chi connectivity index (χ1) is 12.5. The highest BCUT2D eigenvalue weighted by Gasteiger charge is 2.57. The number of likely N-dealkylation sites (tertiary alicyclic amines) is 1. The fraction of sp³-hybridized carbons (Fsp3) is 0.571. The predicted molar refractivity (Wildman–Crippen MR) is 100 cm³/mol. The maximum absolute atomic E-state index is 13.3. The van der Waals surface area contributed by atoms with Crippen LogP contribution in [0, 0.1) is 16.7 Å². The monoisotopic (exact) mass is 353 g/mol. The molecule has 138 valence electrons. The molecule has 1 spiro atoms. The topological polar surface area (TPSA) is 53.5 Å². The van der Waals surface area contributed by atoms with Gasteiger partial charge in [0.25, 0.3) is 0 Å². The fourth-order valence-corrected chi connectivity index (χ4v) is 4.91. The number of pyridine rings is 1. The third-order valence-corrected chi connectivity index (χ3v) is 6.72. The van der Waals surface area contributed by atoms with Gasteiger partial charge in [-0.15, -0.1) is 0 Å². The van der Waals surface area contributed by atoms with Crippen LogP contribution in [0.15, 0.2) is 36.7 Å². The van der Waals surface area contributed by atoms with Crippen LogP contribution in [0.4, 0.5) is 5.69 Å². The molecule has 5 heteroatoms. The van der Waals surface area contributed by atoms with E-state index in [0.29, 0.717) is 19.6 Å². The number of aromatic nitrogens is 1. The van der Waals surface area contributed by atoms with Crippen LogP contribution >= 0.6 is 0 Å². The summed E-state index contributed by atoms with van der Waals surface area (Å²) >= 11 is 0. The number of nitrogens with zero attached hydrogens (tertiary/aromatic N) is 3. The smallest absolute Gasteiger partial charge is 0.235 e. The molecule has 0 aromatic carbocycles. The molecule has 0 saturated carbocycles. The number of rotatable bonds is 2. The number of carbonyl (C=O) groups is 2. The first-order valence-electron chi connectivity index (χ1n) is 9.63. The molecule has 1 unspecified atom stereocenters. The average Bonchev–Trinajstić information content (AvgIpc) is 3.17. The number of allylic oxidation sites excluding steroid dienone is 2. The number of hydrogen-bond donors (Lipinski definition) is 0. The molecule has 3 aliphatic rings. The second-order valence-corrected chi connectivity index (χ2v) is 8.44. The van der Waals surface area contributed by atoms with E-state index in [9.17, 15) is 9.59 Å². The molecule has 2 saturated heterocycles. The zero-order valence-electron chi connectivity index (χ0n) is 15.6. The van der Waals surface area contributed by atoms with Gasteiger partial charge in [0.2, 0.25) is 11.8 Å². The molecule has 3 heterocycles. The lowest BCUT2D eigenvalue weighted by atomic mass is 9.77. The average molecular weight is 353 g/mol. The molecule has 0 radical (unpaired) electrons. The van der Waals surface area contributed by atoms with Crippen LogP contribution in [0.5, 0.6) is 0 Å². The van der Waals surface area contributed by atoms with Gasteiger partial charge in [0, 0.05) is 25.8 Å². The second kappa shape index (κ2) is 6.22. The summed E-state index contributed by atoms with van der Waals surface area (Å²) in [5.74, 6) is 0.559. The van der Waals surface area contributed by atoms with E-state index in [-0.39, 0.29) is 23.1 Å². The van der Waals surface area contributed by atoms with E-state index in [4.69, 9.17) is 0 Å². The van der Waals surface area contributed by atoms with E-state index >= 15 is 0 Å². The van der Waals surface area contributed by atoms with Crippen LogP contribution in [-0.2, 0) is 9.59 Å². The summed E-state index contributed by atoms with van der Waals surface area (Å²) < 4.78 is 0. The summed E-state index contributed by atoms with van der Waals surface area (Å²) in [6.07, 6.45) is 11.2. The first kappa shape index (κ1) is 17.3. The van der Waals surface area contributed by atoms with Crippen molar-refractivity contribution >= 4 is 17.5 Å². The van der Waals surface area contributed by atoms with Crippen molar-refractivity contribution in [2.75, 3.05) is 24.5 Å². The normalized spacial score (nSPS) is 34.1. The summed E-state index contributed by atoms with van der Waals surface area (Å²) in [6.45, 7) is 6.15. The Kier molecular flexibility index (Phi) is 4.13. The van der Waals surface area contributed by atoms with Crippen molar-refractivity contribution in [3.05, 3.63) is 36.7 Å². The van der Waals surface area contributed by atoms with Crippen molar-refractivity contribution in [2.24, 2.45) is 16.7 Å². The van der Waals surface area contributed by atoms with Crippen LogP contribution in [-0.4, -0.2) is 41.3 Å². The Morgan fingerprint density at radius 2 is 2.15 bits per heavy atom. The van der Waals surface area contributed by atoms with Gasteiger partial charge in [-0.25, -0.2) is 0 Å². The Hall–Kier alpha value is -2.17. The third-order valence-electron chi connectivity index (χ3n) is 6.72. The van der Waals surface area contributed by atoms with Crippen LogP contribution < -0.4 is 4.90 Å². The SMILES string of the molecule is C[C@@H]1CN(C(=O)C2(C)CC=CCC2)C[C@]12CCN(c1cccnc1)C2=O. The summed E-state index contributed by atoms with van der Waals surface area (Å²) in [5, 5.41) is 0. The van der Waals surface area contributed by atoms with Crippen molar-refractivity contribution in [2.45, 2.75) is 39.5 Å². The van der Waals surface area contributed by atoms with E-state index < -0.39 is 5.41 Å². The first-order valence-corrected chi connectivity index (χ1v) is 9.63. The van der Waals surface area contributed by atoms with Crippen LogP contribution in [0.2, 0.25) is 0 Å². The van der Waals surface area contributed by atoms with Crippen LogP contribution in [0.3, 0.4) is 0 Å². The lowest BCUT2D eigenvalue weighted by Gasteiger charge is -2.34. The van der Waals surface area contributed by atoms with Gasteiger partial charge in [-0.1, -0.05) is 26.0 Å². The van der Waals surface area contributed by atoms with Gasteiger partial charge in [-0.3, -0.25) is 14.6 Å². The Bertz CT molecular complexity index is 747. The minimum Gasteiger partial charge on any atom is -0.341 e. The molecule has 4 rings (SSSR count). The zero-order chi connectivity index (χ0) is 18.4. The molecule has 1 aromatic rings. The standard InChI is InChI=1S/C21H27N3O2/c1-16-14-23(18(25)20(2)8-4-3-5-9-20)15-21(16)10-12-24(19(21)26)17-7-6-11-22-13-17/h3-4,6-7,11,13,16H,5,8-10,12,14-15H2,1-2H3/t16-,20?,21-/m1/s1. The minimum absolute atomic E-state index is 0.155. The largest absolute Gasteiger partial charge is 0.341 e. The molecular formula is C21H27N3O2. The van der Waals surface area contributed by atoms with Crippen LogP contribution in [0.1, 0.15) is 39.5 Å². The maximum Gasteiger partial charge on any atom is 0.235 e. The van der Waals surface area contributed by atoms with Crippen molar-refractivity contribution in [3.8, 4) is 0 Å². The van der Waals surface area contributed by atoms with Crippen molar-refractivity contribution in [3.63, 3.8) is 0 Å². The molecule has 0 N–H and O–H groups in total.